The third-order valence-corrected chi connectivity index (χ3v) is 3.60. The van der Waals surface area contributed by atoms with Gasteiger partial charge in [0.25, 0.3) is 5.69 Å². The number of sulfonamides is 1. The van der Waals surface area contributed by atoms with Crippen molar-refractivity contribution in [2.75, 3.05) is 5.43 Å². The Morgan fingerprint density at radius 1 is 1.18 bits per heavy atom. The molecule has 0 unspecified atom stereocenters. The van der Waals surface area contributed by atoms with Crippen molar-refractivity contribution in [3.8, 4) is 0 Å². The van der Waals surface area contributed by atoms with E-state index in [1.807, 2.05) is 30.3 Å². The molecule has 0 spiro atoms. The van der Waals surface area contributed by atoms with E-state index in [4.69, 9.17) is 5.14 Å². The first-order valence-corrected chi connectivity index (χ1v) is 7.58. The Labute approximate surface area is 126 Å². The first kappa shape index (κ1) is 15.6. The average molecular weight is 320 g/mol. The molecule has 0 aliphatic heterocycles. The van der Waals surface area contributed by atoms with Gasteiger partial charge in [0.15, 0.2) is 0 Å². The second kappa shape index (κ2) is 6.33. The number of nitrogens with zero attached hydrogens (tertiary/aromatic N) is 2. The maximum absolute atomic E-state index is 11.2. The van der Waals surface area contributed by atoms with Crippen molar-refractivity contribution in [3.63, 3.8) is 0 Å². The van der Waals surface area contributed by atoms with E-state index in [-0.39, 0.29) is 10.6 Å². The lowest BCUT2D eigenvalue weighted by Gasteiger charge is -2.04. The number of rotatable bonds is 5. The van der Waals surface area contributed by atoms with E-state index in [0.29, 0.717) is 0 Å². The van der Waals surface area contributed by atoms with Crippen LogP contribution in [-0.2, 0) is 10.0 Å². The SMILES string of the molecule is NS(=O)(=O)c1ccc(N/N=C\c2ccccc2)c([N+](=O)[O-])c1. The first-order chi connectivity index (χ1) is 10.4. The molecule has 9 heteroatoms. The Hall–Kier alpha value is -2.78. The van der Waals surface area contributed by atoms with E-state index in [9.17, 15) is 18.5 Å². The van der Waals surface area contributed by atoms with Gasteiger partial charge < -0.3 is 0 Å². The van der Waals surface area contributed by atoms with Gasteiger partial charge in [-0.05, 0) is 17.7 Å². The topological polar surface area (TPSA) is 128 Å². The van der Waals surface area contributed by atoms with Crippen LogP contribution in [0.15, 0.2) is 58.5 Å². The molecule has 0 atom stereocenters. The van der Waals surface area contributed by atoms with Crippen molar-refractivity contribution in [2.45, 2.75) is 4.90 Å². The maximum Gasteiger partial charge on any atom is 0.295 e. The molecule has 0 fully saturated rings. The summed E-state index contributed by atoms with van der Waals surface area (Å²) in [5.41, 5.74) is 2.94. The summed E-state index contributed by atoms with van der Waals surface area (Å²) in [5.74, 6) is 0. The summed E-state index contributed by atoms with van der Waals surface area (Å²) in [7, 11) is -4.01. The number of primary sulfonamides is 1. The molecule has 0 aliphatic carbocycles. The largest absolute Gasteiger partial charge is 0.295 e. The minimum atomic E-state index is -4.01. The van der Waals surface area contributed by atoms with Crippen molar-refractivity contribution < 1.29 is 13.3 Å². The second-order valence-corrected chi connectivity index (χ2v) is 5.82. The number of nitro groups is 1. The highest BCUT2D eigenvalue weighted by molar-refractivity contribution is 7.89. The highest BCUT2D eigenvalue weighted by atomic mass is 32.2. The van der Waals surface area contributed by atoms with Gasteiger partial charge in [-0.3, -0.25) is 15.5 Å². The summed E-state index contributed by atoms with van der Waals surface area (Å²) in [5, 5.41) is 19.9. The number of nitrogens with two attached hydrogens (primary N) is 1. The van der Waals surface area contributed by atoms with E-state index in [0.717, 1.165) is 11.6 Å². The van der Waals surface area contributed by atoms with E-state index in [2.05, 4.69) is 10.5 Å². The minimum absolute atomic E-state index is 0.0598. The Bertz CT molecular complexity index is 819. The predicted octanol–water partition coefficient (Wildman–Crippen LogP) is 1.69. The van der Waals surface area contributed by atoms with Gasteiger partial charge in [-0.15, -0.1) is 0 Å². The normalized spacial score (nSPS) is 11.5. The fraction of sp³-hybridized carbons (Fsp3) is 0. The summed E-state index contributed by atoms with van der Waals surface area (Å²) in [4.78, 5) is 9.96. The van der Waals surface area contributed by atoms with Crippen LogP contribution in [0.5, 0.6) is 0 Å². The number of hydrazone groups is 1. The molecular weight excluding hydrogens is 308 g/mol. The molecule has 0 aromatic heterocycles. The second-order valence-electron chi connectivity index (χ2n) is 4.26. The molecule has 22 heavy (non-hydrogen) atoms. The highest BCUT2D eigenvalue weighted by Crippen LogP contribution is 2.27. The van der Waals surface area contributed by atoms with Gasteiger partial charge in [0, 0.05) is 6.07 Å². The first-order valence-electron chi connectivity index (χ1n) is 6.03. The molecule has 2 aromatic carbocycles. The number of hydrogen-bond acceptors (Lipinski definition) is 6. The summed E-state index contributed by atoms with van der Waals surface area (Å²) in [6.45, 7) is 0. The summed E-state index contributed by atoms with van der Waals surface area (Å²) < 4.78 is 22.4. The molecule has 2 rings (SSSR count). The zero-order valence-electron chi connectivity index (χ0n) is 11.2. The maximum atomic E-state index is 11.2. The van der Waals surface area contributed by atoms with Crippen LogP contribution in [0.3, 0.4) is 0 Å². The van der Waals surface area contributed by atoms with E-state index in [1.54, 1.807) is 0 Å². The molecule has 114 valence electrons. The zero-order valence-corrected chi connectivity index (χ0v) is 12.0. The highest BCUT2D eigenvalue weighted by Gasteiger charge is 2.18. The van der Waals surface area contributed by atoms with Crippen LogP contribution in [0.1, 0.15) is 5.56 Å². The quantitative estimate of drug-likeness (QED) is 0.492. The monoisotopic (exact) mass is 320 g/mol. The van der Waals surface area contributed by atoms with Crippen LogP contribution < -0.4 is 10.6 Å². The van der Waals surface area contributed by atoms with Gasteiger partial charge in [-0.2, -0.15) is 5.10 Å². The number of nitro benzene ring substituents is 1. The fourth-order valence-corrected chi connectivity index (χ4v) is 2.18. The minimum Gasteiger partial charge on any atom is -0.272 e. The van der Waals surface area contributed by atoms with Crippen molar-refractivity contribution in [1.29, 1.82) is 0 Å². The predicted molar refractivity (Wildman–Crippen MR) is 82.1 cm³/mol. The molecular formula is C13H12N4O4S. The third kappa shape index (κ3) is 3.87. The summed E-state index contributed by atoms with van der Waals surface area (Å²) in [6, 6.07) is 12.4. The molecule has 0 bridgehead atoms. The van der Waals surface area contributed by atoms with Gasteiger partial charge >= 0.3 is 0 Å². The molecule has 0 saturated carbocycles. The van der Waals surface area contributed by atoms with Gasteiger partial charge in [0.1, 0.15) is 5.69 Å². The Balaban J connectivity index is 2.28. The standard InChI is InChI=1S/C13H12N4O4S/c14-22(20,21)11-6-7-12(13(8-11)17(18)19)16-15-9-10-4-2-1-3-5-10/h1-9,16H,(H2,14,20,21)/b15-9-. The van der Waals surface area contributed by atoms with Gasteiger partial charge in [0.2, 0.25) is 10.0 Å². The van der Waals surface area contributed by atoms with Crippen molar-refractivity contribution in [1.82, 2.24) is 0 Å². The third-order valence-electron chi connectivity index (χ3n) is 2.69. The lowest BCUT2D eigenvalue weighted by molar-refractivity contribution is -0.384. The van der Waals surface area contributed by atoms with E-state index >= 15 is 0 Å². The summed E-state index contributed by atoms with van der Waals surface area (Å²) >= 11 is 0. The molecule has 0 aliphatic rings. The van der Waals surface area contributed by atoms with Crippen LogP contribution in [0, 0.1) is 10.1 Å². The van der Waals surface area contributed by atoms with Gasteiger partial charge in [-0.1, -0.05) is 30.3 Å². The number of hydrogen-bond donors (Lipinski definition) is 2. The lowest BCUT2D eigenvalue weighted by atomic mass is 10.2. The van der Waals surface area contributed by atoms with Gasteiger partial charge in [0.05, 0.1) is 16.0 Å². The average Bonchev–Trinajstić information content (AvgIpc) is 2.47. The van der Waals surface area contributed by atoms with Crippen molar-refractivity contribution in [2.24, 2.45) is 10.2 Å². The van der Waals surface area contributed by atoms with Crippen LogP contribution in [0.25, 0.3) is 0 Å². The molecule has 0 heterocycles. The van der Waals surface area contributed by atoms with Crippen LogP contribution in [0.2, 0.25) is 0 Å². The number of nitrogens with one attached hydrogen (secondary N) is 1. The Morgan fingerprint density at radius 2 is 1.86 bits per heavy atom. The van der Waals surface area contributed by atoms with Crippen LogP contribution >= 0.6 is 0 Å². The number of anilines is 1. The summed E-state index contributed by atoms with van der Waals surface area (Å²) in [6.07, 6.45) is 1.48. The number of benzene rings is 2. The molecule has 0 saturated heterocycles. The smallest absolute Gasteiger partial charge is 0.272 e. The van der Waals surface area contributed by atoms with Gasteiger partial charge in [-0.25, -0.2) is 13.6 Å². The molecule has 8 nitrogen and oxygen atoms in total. The van der Waals surface area contributed by atoms with Crippen molar-refractivity contribution in [3.05, 3.63) is 64.2 Å². The van der Waals surface area contributed by atoms with E-state index in [1.165, 1.54) is 18.3 Å². The lowest BCUT2D eigenvalue weighted by Crippen LogP contribution is -2.12. The Morgan fingerprint density at radius 3 is 2.45 bits per heavy atom. The van der Waals surface area contributed by atoms with Crippen LogP contribution in [-0.4, -0.2) is 19.6 Å². The molecule has 0 amide bonds. The molecule has 0 radical (unpaired) electrons. The fourth-order valence-electron chi connectivity index (χ4n) is 1.65. The molecule has 3 N–H and O–H groups in total. The Kier molecular flexibility index (Phi) is 4.49. The van der Waals surface area contributed by atoms with Crippen molar-refractivity contribution >= 4 is 27.6 Å². The molecule has 2 aromatic rings. The van der Waals surface area contributed by atoms with Crippen LogP contribution in [0.4, 0.5) is 11.4 Å². The van der Waals surface area contributed by atoms with E-state index < -0.39 is 20.6 Å². The zero-order chi connectivity index (χ0) is 16.2.